The number of carbonyl (C=O) groups excluding carboxylic acids is 1. The van der Waals surface area contributed by atoms with Crippen molar-refractivity contribution in [3.8, 4) is 0 Å². The van der Waals surface area contributed by atoms with Gasteiger partial charge in [-0.2, -0.15) is 0 Å². The van der Waals surface area contributed by atoms with Crippen molar-refractivity contribution in [3.63, 3.8) is 0 Å². The van der Waals surface area contributed by atoms with E-state index in [-0.39, 0.29) is 5.91 Å². The monoisotopic (exact) mass is 315 g/mol. The van der Waals surface area contributed by atoms with Crippen LogP contribution in [-0.2, 0) is 4.74 Å². The number of hydrogen-bond acceptors (Lipinski definition) is 4. The third-order valence-corrected chi connectivity index (χ3v) is 2.67. The number of aromatic nitrogens is 1. The number of hydrogen-bond donors (Lipinski definition) is 1. The Morgan fingerprint density at radius 2 is 2.22 bits per heavy atom. The first-order chi connectivity index (χ1) is 8.59. The third kappa shape index (κ3) is 6.09. The molecule has 1 aromatic heterocycles. The quantitative estimate of drug-likeness (QED) is 0.606. The van der Waals surface area contributed by atoms with E-state index in [1.165, 1.54) is 6.20 Å². The molecule has 5 nitrogen and oxygen atoms in total. The molecule has 0 bridgehead atoms. The van der Waals surface area contributed by atoms with Crippen LogP contribution in [0.25, 0.3) is 0 Å². The summed E-state index contributed by atoms with van der Waals surface area (Å²) in [5.74, 6) is -0.133. The molecular weight excluding hydrogens is 298 g/mol. The van der Waals surface area contributed by atoms with Gasteiger partial charge >= 0.3 is 0 Å². The summed E-state index contributed by atoms with van der Waals surface area (Å²) in [6.07, 6.45) is 1.53. The van der Waals surface area contributed by atoms with Gasteiger partial charge in [0.25, 0.3) is 5.91 Å². The molecular formula is C12H18BrN3O2. The van der Waals surface area contributed by atoms with E-state index in [9.17, 15) is 4.79 Å². The van der Waals surface area contributed by atoms with Gasteiger partial charge in [0.1, 0.15) is 4.60 Å². The highest BCUT2D eigenvalue weighted by Gasteiger charge is 2.04. The van der Waals surface area contributed by atoms with Crippen molar-refractivity contribution in [2.24, 2.45) is 0 Å². The van der Waals surface area contributed by atoms with E-state index in [0.717, 1.165) is 6.54 Å². The Hall–Kier alpha value is -0.980. The standard InChI is InChI=1S/C12H18BrN3O2/c1-16(2)6-8-18-7-5-14-12(17)10-3-4-11(13)15-9-10/h3-4,9H,5-8H2,1-2H3,(H,14,17). The number of amides is 1. The van der Waals surface area contributed by atoms with E-state index >= 15 is 0 Å². The van der Waals surface area contributed by atoms with Crippen molar-refractivity contribution < 1.29 is 9.53 Å². The Balaban J connectivity index is 2.16. The summed E-state index contributed by atoms with van der Waals surface area (Å²) in [4.78, 5) is 17.7. The van der Waals surface area contributed by atoms with Gasteiger partial charge in [0.05, 0.1) is 18.8 Å². The molecule has 0 aromatic carbocycles. The number of pyridine rings is 1. The van der Waals surface area contributed by atoms with Crippen LogP contribution < -0.4 is 5.32 Å². The van der Waals surface area contributed by atoms with Crippen molar-refractivity contribution in [1.82, 2.24) is 15.2 Å². The predicted octanol–water partition coefficient (Wildman–Crippen LogP) is 1.15. The summed E-state index contributed by atoms with van der Waals surface area (Å²) in [5, 5.41) is 2.77. The fraction of sp³-hybridized carbons (Fsp3) is 0.500. The lowest BCUT2D eigenvalue weighted by atomic mass is 10.3. The Labute approximate surface area is 116 Å². The molecule has 18 heavy (non-hydrogen) atoms. The lowest BCUT2D eigenvalue weighted by Gasteiger charge is -2.10. The van der Waals surface area contributed by atoms with Crippen molar-refractivity contribution >= 4 is 21.8 Å². The Kier molecular flexibility index (Phi) is 6.85. The van der Waals surface area contributed by atoms with Gasteiger partial charge in [0.15, 0.2) is 0 Å². The topological polar surface area (TPSA) is 54.5 Å². The number of likely N-dealkylation sites (N-methyl/N-ethyl adjacent to an activating group) is 1. The Bertz CT molecular complexity index is 368. The highest BCUT2D eigenvalue weighted by atomic mass is 79.9. The molecule has 0 spiro atoms. The van der Waals surface area contributed by atoms with Gasteiger partial charge in [-0.3, -0.25) is 4.79 Å². The minimum atomic E-state index is -0.133. The zero-order valence-corrected chi connectivity index (χ0v) is 12.2. The van der Waals surface area contributed by atoms with E-state index in [1.54, 1.807) is 12.1 Å². The van der Waals surface area contributed by atoms with Gasteiger partial charge in [-0.1, -0.05) is 0 Å². The van der Waals surface area contributed by atoms with Gasteiger partial charge in [-0.15, -0.1) is 0 Å². The van der Waals surface area contributed by atoms with Gasteiger partial charge < -0.3 is 15.0 Å². The molecule has 1 aromatic rings. The van der Waals surface area contributed by atoms with Crippen LogP contribution in [0.3, 0.4) is 0 Å². The maximum Gasteiger partial charge on any atom is 0.252 e. The first-order valence-electron chi connectivity index (χ1n) is 5.72. The molecule has 6 heteroatoms. The van der Waals surface area contributed by atoms with Crippen molar-refractivity contribution in [2.75, 3.05) is 40.4 Å². The van der Waals surface area contributed by atoms with E-state index in [1.807, 2.05) is 19.0 Å². The third-order valence-electron chi connectivity index (χ3n) is 2.20. The first-order valence-corrected chi connectivity index (χ1v) is 6.51. The van der Waals surface area contributed by atoms with E-state index in [2.05, 4.69) is 26.2 Å². The minimum absolute atomic E-state index is 0.133. The molecule has 0 fully saturated rings. The molecule has 0 atom stereocenters. The fourth-order valence-electron chi connectivity index (χ4n) is 1.20. The van der Waals surface area contributed by atoms with Crippen molar-refractivity contribution in [3.05, 3.63) is 28.5 Å². The van der Waals surface area contributed by atoms with Crippen LogP contribution in [0, 0.1) is 0 Å². The molecule has 0 saturated heterocycles. The molecule has 0 aliphatic rings. The van der Waals surface area contributed by atoms with Crippen LogP contribution in [0.15, 0.2) is 22.9 Å². The summed E-state index contributed by atoms with van der Waals surface area (Å²) in [7, 11) is 3.98. The second kappa shape index (κ2) is 8.18. The smallest absolute Gasteiger partial charge is 0.252 e. The summed E-state index contributed by atoms with van der Waals surface area (Å²) < 4.78 is 6.08. The first kappa shape index (κ1) is 15.1. The molecule has 0 aliphatic carbocycles. The van der Waals surface area contributed by atoms with Gasteiger partial charge in [-0.05, 0) is 42.2 Å². The zero-order chi connectivity index (χ0) is 13.4. The highest BCUT2D eigenvalue weighted by Crippen LogP contribution is 2.05. The summed E-state index contributed by atoms with van der Waals surface area (Å²) in [5.41, 5.74) is 0.548. The largest absolute Gasteiger partial charge is 0.378 e. The van der Waals surface area contributed by atoms with Crippen LogP contribution >= 0.6 is 15.9 Å². The van der Waals surface area contributed by atoms with E-state index in [4.69, 9.17) is 4.74 Å². The van der Waals surface area contributed by atoms with Crippen LogP contribution in [0.2, 0.25) is 0 Å². The fourth-order valence-corrected chi connectivity index (χ4v) is 1.43. The summed E-state index contributed by atoms with van der Waals surface area (Å²) >= 11 is 3.22. The van der Waals surface area contributed by atoms with E-state index in [0.29, 0.717) is 29.9 Å². The highest BCUT2D eigenvalue weighted by molar-refractivity contribution is 9.10. The lowest BCUT2D eigenvalue weighted by molar-refractivity contribution is 0.0900. The molecule has 0 saturated carbocycles. The molecule has 1 N–H and O–H groups in total. The number of carbonyl (C=O) groups is 1. The zero-order valence-electron chi connectivity index (χ0n) is 10.6. The molecule has 1 rings (SSSR count). The Morgan fingerprint density at radius 3 is 2.83 bits per heavy atom. The number of halogens is 1. The average molecular weight is 316 g/mol. The van der Waals surface area contributed by atoms with Crippen LogP contribution in [0.5, 0.6) is 0 Å². The maximum atomic E-state index is 11.7. The van der Waals surface area contributed by atoms with Crippen molar-refractivity contribution in [1.29, 1.82) is 0 Å². The second-order valence-corrected chi connectivity index (χ2v) is 4.85. The van der Waals surface area contributed by atoms with Crippen LogP contribution in [-0.4, -0.2) is 56.2 Å². The van der Waals surface area contributed by atoms with Crippen molar-refractivity contribution in [2.45, 2.75) is 0 Å². The lowest BCUT2D eigenvalue weighted by Crippen LogP contribution is -2.28. The molecule has 1 amide bonds. The van der Waals surface area contributed by atoms with Gasteiger partial charge in [0.2, 0.25) is 0 Å². The van der Waals surface area contributed by atoms with Gasteiger partial charge in [0, 0.05) is 19.3 Å². The predicted molar refractivity (Wildman–Crippen MR) is 73.6 cm³/mol. The summed E-state index contributed by atoms with van der Waals surface area (Å²) in [6.45, 7) is 2.57. The molecule has 1 heterocycles. The molecule has 0 unspecified atom stereocenters. The second-order valence-electron chi connectivity index (χ2n) is 4.04. The van der Waals surface area contributed by atoms with Crippen LogP contribution in [0.4, 0.5) is 0 Å². The number of rotatable bonds is 7. The van der Waals surface area contributed by atoms with Crippen LogP contribution in [0.1, 0.15) is 10.4 Å². The number of nitrogens with one attached hydrogen (secondary N) is 1. The molecule has 0 aliphatic heterocycles. The molecule has 0 radical (unpaired) electrons. The van der Waals surface area contributed by atoms with Gasteiger partial charge in [-0.25, -0.2) is 4.98 Å². The SMILES string of the molecule is CN(C)CCOCCNC(=O)c1ccc(Br)nc1. The normalized spacial score (nSPS) is 10.7. The number of nitrogens with zero attached hydrogens (tertiary/aromatic N) is 2. The Morgan fingerprint density at radius 1 is 1.44 bits per heavy atom. The van der Waals surface area contributed by atoms with E-state index < -0.39 is 0 Å². The minimum Gasteiger partial charge on any atom is -0.378 e. The summed E-state index contributed by atoms with van der Waals surface area (Å²) in [6, 6.07) is 3.46. The average Bonchev–Trinajstić information content (AvgIpc) is 2.34. The molecule has 100 valence electrons. The number of ether oxygens (including phenoxy) is 1. The maximum absolute atomic E-state index is 11.7.